The summed E-state index contributed by atoms with van der Waals surface area (Å²) in [4.78, 5) is 3.99. The van der Waals surface area contributed by atoms with Gasteiger partial charge in [0.1, 0.15) is 5.82 Å². The van der Waals surface area contributed by atoms with Crippen molar-refractivity contribution in [1.29, 1.82) is 0 Å². The van der Waals surface area contributed by atoms with Crippen LogP contribution in [0.2, 0.25) is 0 Å². The molecular weight excluding hydrogens is 191 g/mol. The first-order valence-corrected chi connectivity index (χ1v) is 5.01. The fourth-order valence-electron chi connectivity index (χ4n) is 1.31. The summed E-state index contributed by atoms with van der Waals surface area (Å²) in [7, 11) is 0. The number of aromatic nitrogens is 1. The Kier molecular flexibility index (Phi) is 4.26. The van der Waals surface area contributed by atoms with Gasteiger partial charge in [-0.05, 0) is 25.5 Å². The van der Waals surface area contributed by atoms with Crippen LogP contribution in [-0.2, 0) is 0 Å². The molecule has 0 saturated carbocycles. The Balaban J connectivity index is 2.65. The molecule has 0 spiro atoms. The molecule has 0 aromatic carbocycles. The predicted octanol–water partition coefficient (Wildman–Crippen LogP) is 2.28. The molecule has 0 fully saturated rings. The summed E-state index contributed by atoms with van der Waals surface area (Å²) >= 11 is 0. The largest absolute Gasteiger partial charge is 0.296 e. The maximum atomic E-state index is 12.6. The smallest absolute Gasteiger partial charge is 0.141 e. The van der Waals surface area contributed by atoms with Gasteiger partial charge in [-0.2, -0.15) is 0 Å². The van der Waals surface area contributed by atoms with E-state index in [0.29, 0.717) is 0 Å². The Morgan fingerprint density at radius 1 is 1.60 bits per heavy atom. The lowest BCUT2D eigenvalue weighted by molar-refractivity contribution is 0.501. The highest BCUT2D eigenvalue weighted by Gasteiger charge is 2.10. The highest BCUT2D eigenvalue weighted by atomic mass is 19.1. The number of nitrogens with zero attached hydrogens (tertiary/aromatic N) is 1. The molecular formula is C12H15FN2. The SMILES string of the molecule is C#CC(CC)NC(C)c1ccc(F)cn1. The van der Waals surface area contributed by atoms with Crippen LogP contribution in [-0.4, -0.2) is 11.0 Å². The van der Waals surface area contributed by atoms with Crippen molar-refractivity contribution in [3.05, 3.63) is 29.8 Å². The second-order valence-corrected chi connectivity index (χ2v) is 3.42. The maximum absolute atomic E-state index is 12.6. The van der Waals surface area contributed by atoms with E-state index in [9.17, 15) is 4.39 Å². The molecule has 1 aromatic rings. The lowest BCUT2D eigenvalue weighted by Crippen LogP contribution is -2.30. The van der Waals surface area contributed by atoms with Crippen LogP contribution in [0.5, 0.6) is 0 Å². The summed E-state index contributed by atoms with van der Waals surface area (Å²) in [6.45, 7) is 3.97. The molecule has 1 aromatic heterocycles. The van der Waals surface area contributed by atoms with E-state index in [4.69, 9.17) is 6.42 Å². The molecule has 0 saturated heterocycles. The Hall–Kier alpha value is -1.40. The molecule has 0 radical (unpaired) electrons. The van der Waals surface area contributed by atoms with Crippen LogP contribution in [0.4, 0.5) is 4.39 Å². The minimum atomic E-state index is -0.324. The van der Waals surface area contributed by atoms with Gasteiger partial charge in [-0.25, -0.2) is 4.39 Å². The van der Waals surface area contributed by atoms with Crippen molar-refractivity contribution in [2.75, 3.05) is 0 Å². The Labute approximate surface area is 89.9 Å². The monoisotopic (exact) mass is 206 g/mol. The van der Waals surface area contributed by atoms with E-state index >= 15 is 0 Å². The molecule has 2 atom stereocenters. The first-order chi connectivity index (χ1) is 7.17. The van der Waals surface area contributed by atoms with Gasteiger partial charge in [0.2, 0.25) is 0 Å². The molecule has 15 heavy (non-hydrogen) atoms. The van der Waals surface area contributed by atoms with Crippen LogP contribution in [0.25, 0.3) is 0 Å². The van der Waals surface area contributed by atoms with Crippen LogP contribution in [0.15, 0.2) is 18.3 Å². The minimum absolute atomic E-state index is 0.0339. The van der Waals surface area contributed by atoms with Crippen molar-refractivity contribution in [1.82, 2.24) is 10.3 Å². The third-order valence-electron chi connectivity index (χ3n) is 2.25. The number of halogens is 1. The summed E-state index contributed by atoms with van der Waals surface area (Å²) in [6, 6.07) is 3.13. The third kappa shape index (κ3) is 3.34. The zero-order chi connectivity index (χ0) is 11.3. The van der Waals surface area contributed by atoms with E-state index in [0.717, 1.165) is 12.1 Å². The summed E-state index contributed by atoms with van der Waals surface area (Å²) in [5.41, 5.74) is 0.796. The van der Waals surface area contributed by atoms with Gasteiger partial charge in [0.15, 0.2) is 0 Å². The predicted molar refractivity (Wildman–Crippen MR) is 58.7 cm³/mol. The lowest BCUT2D eigenvalue weighted by Gasteiger charge is -2.17. The summed E-state index contributed by atoms with van der Waals surface area (Å²) < 4.78 is 12.6. The van der Waals surface area contributed by atoms with Gasteiger partial charge >= 0.3 is 0 Å². The summed E-state index contributed by atoms with van der Waals surface area (Å²) in [5, 5.41) is 3.23. The molecule has 1 N–H and O–H groups in total. The van der Waals surface area contributed by atoms with Gasteiger partial charge in [0.25, 0.3) is 0 Å². The number of hydrogen-bond donors (Lipinski definition) is 1. The Morgan fingerprint density at radius 2 is 2.33 bits per heavy atom. The quantitative estimate of drug-likeness (QED) is 0.764. The van der Waals surface area contributed by atoms with Crippen molar-refractivity contribution >= 4 is 0 Å². The zero-order valence-electron chi connectivity index (χ0n) is 9.00. The third-order valence-corrected chi connectivity index (χ3v) is 2.25. The molecule has 1 rings (SSSR count). The average Bonchev–Trinajstić information content (AvgIpc) is 2.26. The molecule has 0 aliphatic rings. The molecule has 0 amide bonds. The maximum Gasteiger partial charge on any atom is 0.141 e. The van der Waals surface area contributed by atoms with E-state index in [2.05, 4.69) is 16.2 Å². The first-order valence-electron chi connectivity index (χ1n) is 5.01. The van der Waals surface area contributed by atoms with Crippen molar-refractivity contribution in [2.24, 2.45) is 0 Å². The van der Waals surface area contributed by atoms with Gasteiger partial charge in [0.05, 0.1) is 17.9 Å². The van der Waals surface area contributed by atoms with Crippen molar-refractivity contribution in [3.63, 3.8) is 0 Å². The van der Waals surface area contributed by atoms with Crippen LogP contribution in [0, 0.1) is 18.2 Å². The summed E-state index contributed by atoms with van der Waals surface area (Å²) in [6.07, 6.45) is 7.42. The topological polar surface area (TPSA) is 24.9 Å². The van der Waals surface area contributed by atoms with Crippen molar-refractivity contribution < 1.29 is 4.39 Å². The summed E-state index contributed by atoms with van der Waals surface area (Å²) in [5.74, 6) is 2.33. The average molecular weight is 206 g/mol. The van der Waals surface area contributed by atoms with Gasteiger partial charge in [-0.3, -0.25) is 10.3 Å². The number of pyridine rings is 1. The first kappa shape index (κ1) is 11.7. The van der Waals surface area contributed by atoms with Crippen molar-refractivity contribution in [3.8, 4) is 12.3 Å². The molecule has 80 valence electrons. The van der Waals surface area contributed by atoms with E-state index in [1.54, 1.807) is 6.07 Å². The molecule has 1 heterocycles. The molecule has 2 unspecified atom stereocenters. The van der Waals surface area contributed by atoms with Crippen LogP contribution >= 0.6 is 0 Å². The van der Waals surface area contributed by atoms with E-state index in [1.807, 2.05) is 13.8 Å². The number of hydrogen-bond acceptors (Lipinski definition) is 2. The highest BCUT2D eigenvalue weighted by molar-refractivity contribution is 5.10. The van der Waals surface area contributed by atoms with E-state index < -0.39 is 0 Å². The number of terminal acetylenes is 1. The molecule has 0 bridgehead atoms. The normalized spacial score (nSPS) is 14.3. The van der Waals surface area contributed by atoms with Gasteiger partial charge in [-0.1, -0.05) is 12.8 Å². The molecule has 0 aliphatic heterocycles. The molecule has 3 heteroatoms. The minimum Gasteiger partial charge on any atom is -0.296 e. The Bertz CT molecular complexity index is 340. The fraction of sp³-hybridized carbons (Fsp3) is 0.417. The molecule has 0 aliphatic carbocycles. The van der Waals surface area contributed by atoms with E-state index in [1.165, 1.54) is 12.3 Å². The molecule has 2 nitrogen and oxygen atoms in total. The van der Waals surface area contributed by atoms with Crippen molar-refractivity contribution in [2.45, 2.75) is 32.4 Å². The Morgan fingerprint density at radius 3 is 2.80 bits per heavy atom. The second-order valence-electron chi connectivity index (χ2n) is 3.42. The van der Waals surface area contributed by atoms with E-state index in [-0.39, 0.29) is 17.9 Å². The van der Waals surface area contributed by atoms with Gasteiger partial charge in [-0.15, -0.1) is 6.42 Å². The van der Waals surface area contributed by atoms with Crippen LogP contribution < -0.4 is 5.32 Å². The van der Waals surface area contributed by atoms with Gasteiger partial charge in [0, 0.05) is 6.04 Å². The van der Waals surface area contributed by atoms with Gasteiger partial charge < -0.3 is 0 Å². The number of rotatable bonds is 4. The standard InChI is InChI=1S/C12H15FN2/c1-4-11(5-2)15-9(3)12-7-6-10(13)8-14-12/h1,6-9,11,15H,5H2,2-3H3. The van der Waals surface area contributed by atoms with Crippen LogP contribution in [0.1, 0.15) is 32.0 Å². The second kappa shape index (κ2) is 5.47. The fourth-order valence-corrected chi connectivity index (χ4v) is 1.31. The zero-order valence-corrected chi connectivity index (χ0v) is 9.00. The number of nitrogens with one attached hydrogen (secondary N) is 1. The van der Waals surface area contributed by atoms with Crippen LogP contribution in [0.3, 0.4) is 0 Å². The highest BCUT2D eigenvalue weighted by Crippen LogP contribution is 2.10. The lowest BCUT2D eigenvalue weighted by atomic mass is 10.1.